The molecule has 0 aliphatic carbocycles. The molecule has 0 bridgehead atoms. The van der Waals surface area contributed by atoms with Gasteiger partial charge in [0.1, 0.15) is 6.61 Å². The Bertz CT molecular complexity index is 348. The van der Waals surface area contributed by atoms with Gasteiger partial charge in [-0.1, -0.05) is 6.58 Å². The standard InChI is InChI=1S/C10H21N2O6P/c1-5-9(13)11-6-7-17-10(12(2,3)4)8-18-19(14,15)16/h5,10H,1,6-8H2,2-4H3,(H2-,11,13,14,15,16). The van der Waals surface area contributed by atoms with Crippen LogP contribution in [0.3, 0.4) is 0 Å². The molecule has 2 N–H and O–H groups in total. The van der Waals surface area contributed by atoms with Crippen molar-refractivity contribution in [3.63, 3.8) is 0 Å². The number of carbonyl (C=O) groups excluding carboxylic acids is 1. The molecule has 1 amide bonds. The molecule has 0 saturated carbocycles. The maximum absolute atomic E-state index is 10.9. The second kappa shape index (κ2) is 7.74. The predicted octanol–water partition coefficient (Wildman–Crippen LogP) is -1.19. The van der Waals surface area contributed by atoms with Crippen LogP contribution in [0.4, 0.5) is 0 Å². The number of quaternary nitrogens is 1. The maximum atomic E-state index is 10.9. The van der Waals surface area contributed by atoms with Crippen molar-refractivity contribution in [2.75, 3.05) is 40.9 Å². The number of hydrogen-bond donors (Lipinski definition) is 2. The van der Waals surface area contributed by atoms with Crippen LogP contribution in [-0.2, 0) is 18.6 Å². The second-order valence-electron chi connectivity index (χ2n) is 4.70. The van der Waals surface area contributed by atoms with E-state index in [0.29, 0.717) is 0 Å². The van der Waals surface area contributed by atoms with Gasteiger partial charge in [-0.25, -0.2) is 0 Å². The Balaban J connectivity index is 4.19. The number of carbonyl (C=O) groups is 1. The lowest BCUT2D eigenvalue weighted by molar-refractivity contribution is -0.920. The fraction of sp³-hybridized carbons (Fsp3) is 0.700. The number of ether oxygens (including phenoxy) is 1. The van der Waals surface area contributed by atoms with Gasteiger partial charge in [0.25, 0.3) is 7.82 Å². The number of amides is 1. The highest BCUT2D eigenvalue weighted by molar-refractivity contribution is 7.44. The van der Waals surface area contributed by atoms with Crippen LogP contribution in [-0.4, -0.2) is 62.4 Å². The maximum Gasteiger partial charge on any atom is 0.265 e. The molecule has 0 heterocycles. The van der Waals surface area contributed by atoms with E-state index in [4.69, 9.17) is 9.63 Å². The Morgan fingerprint density at radius 3 is 2.58 bits per heavy atom. The molecular formula is C10H21N2O6P. The molecule has 0 aliphatic heterocycles. The number of phosphoric ester groups is 1. The normalized spacial score (nSPS) is 16.5. The van der Waals surface area contributed by atoms with Crippen molar-refractivity contribution >= 4 is 13.7 Å². The molecule has 8 nitrogen and oxygen atoms in total. The SMILES string of the molecule is C=CC(=O)NCCOC(COP(=O)([O-])O)[N+](C)(C)C. The summed E-state index contributed by atoms with van der Waals surface area (Å²) in [5.74, 6) is -0.318. The number of nitrogens with one attached hydrogen (secondary N) is 1. The van der Waals surface area contributed by atoms with Gasteiger partial charge in [-0.15, -0.1) is 0 Å². The first-order chi connectivity index (χ1) is 8.56. The molecule has 0 rings (SSSR count). The van der Waals surface area contributed by atoms with Crippen molar-refractivity contribution < 1.29 is 32.9 Å². The van der Waals surface area contributed by atoms with Crippen LogP contribution in [0.25, 0.3) is 0 Å². The minimum absolute atomic E-state index is 0.178. The zero-order valence-corrected chi connectivity index (χ0v) is 12.3. The van der Waals surface area contributed by atoms with Gasteiger partial charge in [-0.2, -0.15) is 0 Å². The molecule has 0 aliphatic rings. The molecule has 0 aromatic heterocycles. The summed E-state index contributed by atoms with van der Waals surface area (Å²) in [6.07, 6.45) is 0.537. The molecule has 0 aromatic rings. The lowest BCUT2D eigenvalue weighted by Gasteiger charge is -2.34. The molecule has 0 fully saturated rings. The topological polar surface area (TPSA) is 108 Å². The molecule has 112 valence electrons. The van der Waals surface area contributed by atoms with Crippen molar-refractivity contribution in [3.05, 3.63) is 12.7 Å². The lowest BCUT2D eigenvalue weighted by Crippen LogP contribution is -2.50. The number of phosphoric acid groups is 1. The van der Waals surface area contributed by atoms with Gasteiger partial charge in [0, 0.05) is 6.54 Å². The third-order valence-electron chi connectivity index (χ3n) is 2.14. The van der Waals surface area contributed by atoms with E-state index >= 15 is 0 Å². The summed E-state index contributed by atoms with van der Waals surface area (Å²) in [6, 6.07) is 0. The van der Waals surface area contributed by atoms with Crippen molar-refractivity contribution in [3.8, 4) is 0 Å². The number of hydrogen-bond acceptors (Lipinski definition) is 5. The minimum Gasteiger partial charge on any atom is -0.756 e. The van der Waals surface area contributed by atoms with Gasteiger partial charge in [-0.05, 0) is 6.08 Å². The van der Waals surface area contributed by atoms with E-state index in [1.165, 1.54) is 0 Å². The largest absolute Gasteiger partial charge is 0.756 e. The molecule has 0 saturated heterocycles. The average molecular weight is 296 g/mol. The average Bonchev–Trinajstić information content (AvgIpc) is 2.24. The Morgan fingerprint density at radius 2 is 2.16 bits per heavy atom. The Morgan fingerprint density at radius 1 is 1.58 bits per heavy atom. The first-order valence-electron chi connectivity index (χ1n) is 5.57. The first kappa shape index (κ1) is 18.2. The third kappa shape index (κ3) is 9.77. The molecule has 0 radical (unpaired) electrons. The fourth-order valence-corrected chi connectivity index (χ4v) is 1.41. The van der Waals surface area contributed by atoms with Crippen LogP contribution in [0.5, 0.6) is 0 Å². The number of rotatable bonds is 9. The van der Waals surface area contributed by atoms with E-state index in [0.717, 1.165) is 6.08 Å². The van der Waals surface area contributed by atoms with Gasteiger partial charge in [-0.3, -0.25) is 9.36 Å². The quantitative estimate of drug-likeness (QED) is 0.182. The molecule has 2 atom stereocenters. The van der Waals surface area contributed by atoms with Crippen molar-refractivity contribution in [1.82, 2.24) is 5.32 Å². The van der Waals surface area contributed by atoms with E-state index in [-0.39, 0.29) is 30.1 Å². The zero-order valence-electron chi connectivity index (χ0n) is 11.4. The van der Waals surface area contributed by atoms with Crippen LogP contribution in [0.2, 0.25) is 0 Å². The monoisotopic (exact) mass is 296 g/mol. The Hall–Kier alpha value is -0.760. The molecule has 0 aromatic carbocycles. The zero-order chi connectivity index (χ0) is 15.1. The minimum atomic E-state index is -4.77. The van der Waals surface area contributed by atoms with Crippen molar-refractivity contribution in [2.24, 2.45) is 0 Å². The van der Waals surface area contributed by atoms with Crippen LogP contribution in [0.15, 0.2) is 12.7 Å². The summed E-state index contributed by atoms with van der Waals surface area (Å²) in [4.78, 5) is 30.0. The molecular weight excluding hydrogens is 275 g/mol. The Kier molecular flexibility index (Phi) is 7.43. The van der Waals surface area contributed by atoms with Crippen LogP contribution in [0.1, 0.15) is 0 Å². The summed E-state index contributed by atoms with van der Waals surface area (Å²) < 4.78 is 20.6. The summed E-state index contributed by atoms with van der Waals surface area (Å²) in [6.45, 7) is 3.43. The predicted molar refractivity (Wildman–Crippen MR) is 66.8 cm³/mol. The van der Waals surface area contributed by atoms with Gasteiger partial charge >= 0.3 is 0 Å². The van der Waals surface area contributed by atoms with E-state index in [2.05, 4.69) is 16.4 Å². The highest BCUT2D eigenvalue weighted by atomic mass is 31.2. The van der Waals surface area contributed by atoms with Crippen molar-refractivity contribution in [2.45, 2.75) is 6.23 Å². The summed E-state index contributed by atoms with van der Waals surface area (Å²) >= 11 is 0. The Labute approximate surface area is 112 Å². The second-order valence-corrected chi connectivity index (χ2v) is 5.90. The fourth-order valence-electron chi connectivity index (χ4n) is 1.09. The third-order valence-corrected chi connectivity index (χ3v) is 2.62. The molecule has 0 spiro atoms. The van der Waals surface area contributed by atoms with Crippen LogP contribution >= 0.6 is 7.82 Å². The van der Waals surface area contributed by atoms with Crippen LogP contribution < -0.4 is 10.2 Å². The van der Waals surface area contributed by atoms with Crippen LogP contribution in [0, 0.1) is 0 Å². The van der Waals surface area contributed by atoms with E-state index in [1.807, 2.05) is 0 Å². The van der Waals surface area contributed by atoms with Gasteiger partial charge in [0.15, 0.2) is 0 Å². The van der Waals surface area contributed by atoms with Gasteiger partial charge < -0.3 is 28.8 Å². The van der Waals surface area contributed by atoms with Gasteiger partial charge in [0.2, 0.25) is 12.1 Å². The molecule has 9 heteroatoms. The highest BCUT2D eigenvalue weighted by Crippen LogP contribution is 2.30. The number of nitrogens with zero attached hydrogens (tertiary/aromatic N) is 1. The molecule has 2 unspecified atom stereocenters. The summed E-state index contributed by atoms with van der Waals surface area (Å²) in [5.41, 5.74) is 0. The first-order valence-corrected chi connectivity index (χ1v) is 7.07. The summed E-state index contributed by atoms with van der Waals surface area (Å²) in [7, 11) is 0.572. The summed E-state index contributed by atoms with van der Waals surface area (Å²) in [5, 5.41) is 2.52. The highest BCUT2D eigenvalue weighted by Gasteiger charge is 2.26. The molecule has 19 heavy (non-hydrogen) atoms. The van der Waals surface area contributed by atoms with E-state index in [1.54, 1.807) is 21.1 Å². The number of likely N-dealkylation sites (N-methyl/N-ethyl adjacent to an activating group) is 1. The van der Waals surface area contributed by atoms with E-state index < -0.39 is 14.1 Å². The van der Waals surface area contributed by atoms with Gasteiger partial charge in [0.05, 0.1) is 27.7 Å². The lowest BCUT2D eigenvalue weighted by atomic mass is 10.4. The smallest absolute Gasteiger partial charge is 0.265 e. The van der Waals surface area contributed by atoms with Crippen molar-refractivity contribution in [1.29, 1.82) is 0 Å². The van der Waals surface area contributed by atoms with E-state index in [9.17, 15) is 14.3 Å².